The molecule has 0 fully saturated rings. The molecule has 1 rings (SSSR count). The molecule has 1 atom stereocenters. The lowest BCUT2D eigenvalue weighted by Gasteiger charge is -2.26. The molecule has 0 aliphatic heterocycles. The summed E-state index contributed by atoms with van der Waals surface area (Å²) in [5.74, 6) is -1.09. The van der Waals surface area contributed by atoms with Crippen molar-refractivity contribution in [1.29, 1.82) is 0 Å². The van der Waals surface area contributed by atoms with Crippen LogP contribution in [0.2, 0.25) is 0 Å². The molecule has 1 N–H and O–H groups in total. The molecule has 1 aromatic rings. The third-order valence-corrected chi connectivity index (χ3v) is 3.26. The van der Waals surface area contributed by atoms with Gasteiger partial charge in [0.1, 0.15) is 0 Å². The Balaban J connectivity index is 2.89. The normalized spacial score (nSPS) is 12.2. The molecule has 0 heterocycles. The van der Waals surface area contributed by atoms with Crippen molar-refractivity contribution in [2.75, 3.05) is 18.0 Å². The van der Waals surface area contributed by atoms with Gasteiger partial charge >= 0.3 is 5.97 Å². The summed E-state index contributed by atoms with van der Waals surface area (Å²) in [6, 6.07) is 6.31. The highest BCUT2D eigenvalue weighted by molar-refractivity contribution is 5.70. The lowest BCUT2D eigenvalue weighted by atomic mass is 10.1. The Labute approximate surface area is 109 Å². The number of benzene rings is 1. The summed E-state index contributed by atoms with van der Waals surface area (Å²) in [5, 5.41) is 9.02. The molecular formula is C15H23NO2. The quantitative estimate of drug-likeness (QED) is 0.841. The van der Waals surface area contributed by atoms with Crippen LogP contribution in [-0.4, -0.2) is 24.2 Å². The molecule has 3 heteroatoms. The maximum absolute atomic E-state index is 11.0. The van der Waals surface area contributed by atoms with Gasteiger partial charge in [-0.05, 0) is 43.5 Å². The lowest BCUT2D eigenvalue weighted by molar-refractivity contribution is -0.140. The van der Waals surface area contributed by atoms with E-state index in [1.165, 1.54) is 11.1 Å². The smallest absolute Gasteiger partial charge is 0.308 e. The first-order chi connectivity index (χ1) is 8.45. The first kappa shape index (κ1) is 14.6. The van der Waals surface area contributed by atoms with Crippen LogP contribution < -0.4 is 4.90 Å². The molecule has 1 aromatic carbocycles. The third kappa shape index (κ3) is 3.76. The minimum atomic E-state index is -0.736. The molecule has 1 unspecified atom stereocenters. The van der Waals surface area contributed by atoms with E-state index in [9.17, 15) is 4.79 Å². The second-order valence-corrected chi connectivity index (χ2v) is 4.95. The number of carbonyl (C=O) groups is 1. The number of rotatable bonds is 6. The molecule has 3 nitrogen and oxygen atoms in total. The number of hydrogen-bond donors (Lipinski definition) is 1. The summed E-state index contributed by atoms with van der Waals surface area (Å²) in [5.41, 5.74) is 3.63. The monoisotopic (exact) mass is 249 g/mol. The van der Waals surface area contributed by atoms with E-state index in [1.54, 1.807) is 6.92 Å². The predicted molar refractivity (Wildman–Crippen MR) is 75.2 cm³/mol. The van der Waals surface area contributed by atoms with E-state index in [-0.39, 0.29) is 5.92 Å². The number of nitrogens with zero attached hydrogens (tertiary/aromatic N) is 1. The molecule has 0 aliphatic carbocycles. The Morgan fingerprint density at radius 1 is 1.33 bits per heavy atom. The van der Waals surface area contributed by atoms with Crippen molar-refractivity contribution in [3.63, 3.8) is 0 Å². The number of aryl methyl sites for hydroxylation is 2. The van der Waals surface area contributed by atoms with Crippen LogP contribution in [-0.2, 0) is 4.79 Å². The van der Waals surface area contributed by atoms with Crippen LogP contribution in [0.4, 0.5) is 5.69 Å². The summed E-state index contributed by atoms with van der Waals surface area (Å²) >= 11 is 0. The molecule has 0 saturated carbocycles. The van der Waals surface area contributed by atoms with Crippen LogP contribution in [0.1, 0.15) is 31.4 Å². The van der Waals surface area contributed by atoms with Crippen molar-refractivity contribution in [3.8, 4) is 0 Å². The van der Waals surface area contributed by atoms with E-state index in [4.69, 9.17) is 5.11 Å². The first-order valence-electron chi connectivity index (χ1n) is 6.50. The lowest BCUT2D eigenvalue weighted by Crippen LogP contribution is -2.32. The maximum atomic E-state index is 11.0. The second-order valence-electron chi connectivity index (χ2n) is 4.95. The Morgan fingerprint density at radius 3 is 2.50 bits per heavy atom. The van der Waals surface area contributed by atoms with Crippen molar-refractivity contribution >= 4 is 11.7 Å². The number of aliphatic carboxylic acids is 1. The van der Waals surface area contributed by atoms with Crippen LogP contribution in [0.5, 0.6) is 0 Å². The highest BCUT2D eigenvalue weighted by Gasteiger charge is 2.16. The Kier molecular flexibility index (Phi) is 5.20. The Bertz CT molecular complexity index is 415. The molecule has 0 aliphatic rings. The molecule has 0 amide bonds. The van der Waals surface area contributed by atoms with Gasteiger partial charge in [-0.2, -0.15) is 0 Å². The van der Waals surface area contributed by atoms with Gasteiger partial charge in [-0.1, -0.05) is 19.9 Å². The molecule has 0 radical (unpaired) electrons. The van der Waals surface area contributed by atoms with Crippen LogP contribution in [0.25, 0.3) is 0 Å². The van der Waals surface area contributed by atoms with Crippen molar-refractivity contribution in [2.24, 2.45) is 5.92 Å². The zero-order chi connectivity index (χ0) is 13.7. The third-order valence-electron chi connectivity index (χ3n) is 3.26. The van der Waals surface area contributed by atoms with Gasteiger partial charge in [-0.15, -0.1) is 0 Å². The molecular weight excluding hydrogens is 226 g/mol. The van der Waals surface area contributed by atoms with Gasteiger partial charge in [0.25, 0.3) is 0 Å². The summed E-state index contributed by atoms with van der Waals surface area (Å²) in [7, 11) is 0. The van der Waals surface area contributed by atoms with Crippen LogP contribution in [0.15, 0.2) is 18.2 Å². The zero-order valence-corrected chi connectivity index (χ0v) is 11.7. The highest BCUT2D eigenvalue weighted by atomic mass is 16.4. The predicted octanol–water partition coefficient (Wildman–Crippen LogP) is 3.24. The highest BCUT2D eigenvalue weighted by Crippen LogP contribution is 2.20. The summed E-state index contributed by atoms with van der Waals surface area (Å²) in [6.07, 6.45) is 1.01. The molecule has 0 aromatic heterocycles. The Hall–Kier alpha value is -1.51. The fourth-order valence-corrected chi connectivity index (χ4v) is 1.93. The number of hydrogen-bond acceptors (Lipinski definition) is 2. The second kappa shape index (κ2) is 6.43. The van der Waals surface area contributed by atoms with Crippen LogP contribution in [0, 0.1) is 19.8 Å². The average molecular weight is 249 g/mol. The van der Waals surface area contributed by atoms with E-state index in [0.29, 0.717) is 6.54 Å². The van der Waals surface area contributed by atoms with E-state index < -0.39 is 5.97 Å². The summed E-state index contributed by atoms with van der Waals surface area (Å²) < 4.78 is 0. The standard InChI is InChI=1S/C15H23NO2/c1-5-8-16(10-13(4)15(17)18)14-7-6-11(2)12(3)9-14/h6-7,9,13H,5,8,10H2,1-4H3,(H,17,18). The van der Waals surface area contributed by atoms with Crippen molar-refractivity contribution in [2.45, 2.75) is 34.1 Å². The number of carboxylic acid groups (broad SMARTS) is 1. The molecule has 0 saturated heterocycles. The van der Waals surface area contributed by atoms with E-state index in [2.05, 4.69) is 43.9 Å². The van der Waals surface area contributed by atoms with Crippen LogP contribution >= 0.6 is 0 Å². The number of carboxylic acids is 1. The van der Waals surface area contributed by atoms with Gasteiger partial charge in [-0.3, -0.25) is 4.79 Å². The van der Waals surface area contributed by atoms with Crippen molar-refractivity contribution in [1.82, 2.24) is 0 Å². The van der Waals surface area contributed by atoms with Crippen molar-refractivity contribution in [3.05, 3.63) is 29.3 Å². The maximum Gasteiger partial charge on any atom is 0.308 e. The molecule has 100 valence electrons. The molecule has 18 heavy (non-hydrogen) atoms. The van der Waals surface area contributed by atoms with Gasteiger partial charge in [0.15, 0.2) is 0 Å². The van der Waals surface area contributed by atoms with Gasteiger partial charge in [-0.25, -0.2) is 0 Å². The van der Waals surface area contributed by atoms with E-state index in [1.807, 2.05) is 0 Å². The Morgan fingerprint density at radius 2 is 2.00 bits per heavy atom. The van der Waals surface area contributed by atoms with E-state index in [0.717, 1.165) is 18.7 Å². The van der Waals surface area contributed by atoms with Gasteiger partial charge < -0.3 is 10.0 Å². The largest absolute Gasteiger partial charge is 0.481 e. The van der Waals surface area contributed by atoms with Gasteiger partial charge in [0, 0.05) is 18.8 Å². The fraction of sp³-hybridized carbons (Fsp3) is 0.533. The minimum Gasteiger partial charge on any atom is -0.481 e. The summed E-state index contributed by atoms with van der Waals surface area (Å²) in [6.45, 7) is 9.49. The average Bonchev–Trinajstić information content (AvgIpc) is 2.32. The minimum absolute atomic E-state index is 0.349. The van der Waals surface area contributed by atoms with Gasteiger partial charge in [0.05, 0.1) is 5.92 Å². The fourth-order valence-electron chi connectivity index (χ4n) is 1.93. The number of anilines is 1. The molecule has 0 spiro atoms. The zero-order valence-electron chi connectivity index (χ0n) is 11.7. The summed E-state index contributed by atoms with van der Waals surface area (Å²) in [4.78, 5) is 13.1. The van der Waals surface area contributed by atoms with E-state index >= 15 is 0 Å². The van der Waals surface area contributed by atoms with Crippen molar-refractivity contribution < 1.29 is 9.90 Å². The first-order valence-corrected chi connectivity index (χ1v) is 6.50. The molecule has 0 bridgehead atoms. The topological polar surface area (TPSA) is 40.5 Å². The SMILES string of the molecule is CCCN(CC(C)C(=O)O)c1ccc(C)c(C)c1. The van der Waals surface area contributed by atoms with Gasteiger partial charge in [0.2, 0.25) is 0 Å². The van der Waals surface area contributed by atoms with Crippen LogP contribution in [0.3, 0.4) is 0 Å².